The van der Waals surface area contributed by atoms with Crippen LogP contribution in [0, 0.1) is 0 Å². The zero-order valence-electron chi connectivity index (χ0n) is 8.53. The van der Waals surface area contributed by atoms with E-state index >= 15 is 0 Å². The predicted octanol–water partition coefficient (Wildman–Crippen LogP) is -0.251. The predicted molar refractivity (Wildman–Crippen MR) is 51.1 cm³/mol. The molecule has 80 valence electrons. The first-order chi connectivity index (χ1) is 6.77. The largest absolute Gasteiger partial charge is 0.354 e. The molecule has 5 heteroatoms. The molecule has 2 saturated heterocycles. The van der Waals surface area contributed by atoms with Crippen molar-refractivity contribution < 1.29 is 9.63 Å². The Kier molecular flexibility index (Phi) is 3.00. The SMILES string of the molecule is CC1C(=O)ONN1CCN1CCCC1. The van der Waals surface area contributed by atoms with Crippen LogP contribution in [0.4, 0.5) is 0 Å². The van der Waals surface area contributed by atoms with E-state index in [4.69, 9.17) is 4.84 Å². The Morgan fingerprint density at radius 2 is 2.14 bits per heavy atom. The van der Waals surface area contributed by atoms with E-state index in [0.717, 1.165) is 13.1 Å². The smallest absolute Gasteiger partial charge is 0.344 e. The van der Waals surface area contributed by atoms with Crippen LogP contribution in [0.25, 0.3) is 0 Å². The second-order valence-electron chi connectivity index (χ2n) is 3.93. The molecule has 2 aliphatic heterocycles. The highest BCUT2D eigenvalue weighted by Gasteiger charge is 2.30. The molecule has 0 bridgehead atoms. The molecule has 2 fully saturated rings. The fourth-order valence-electron chi connectivity index (χ4n) is 1.89. The zero-order chi connectivity index (χ0) is 9.97. The lowest BCUT2D eigenvalue weighted by Gasteiger charge is -2.20. The van der Waals surface area contributed by atoms with Gasteiger partial charge >= 0.3 is 5.97 Å². The van der Waals surface area contributed by atoms with Crippen LogP contribution in [0.1, 0.15) is 19.8 Å². The maximum atomic E-state index is 11.0. The number of carbonyl (C=O) groups excluding carboxylic acids is 1. The number of nitrogens with zero attached hydrogens (tertiary/aromatic N) is 2. The first-order valence-electron chi connectivity index (χ1n) is 5.23. The first kappa shape index (κ1) is 9.89. The van der Waals surface area contributed by atoms with Gasteiger partial charge in [-0.2, -0.15) is 5.01 Å². The van der Waals surface area contributed by atoms with Crippen molar-refractivity contribution in [1.82, 2.24) is 15.5 Å². The fourth-order valence-corrected chi connectivity index (χ4v) is 1.89. The molecular weight excluding hydrogens is 182 g/mol. The Morgan fingerprint density at radius 1 is 1.43 bits per heavy atom. The van der Waals surface area contributed by atoms with Crippen molar-refractivity contribution in [3.05, 3.63) is 0 Å². The van der Waals surface area contributed by atoms with Gasteiger partial charge < -0.3 is 9.74 Å². The Morgan fingerprint density at radius 3 is 2.71 bits per heavy atom. The van der Waals surface area contributed by atoms with Gasteiger partial charge in [0.25, 0.3) is 0 Å². The lowest BCUT2D eigenvalue weighted by molar-refractivity contribution is -0.144. The van der Waals surface area contributed by atoms with Gasteiger partial charge in [0.05, 0.1) is 0 Å². The highest BCUT2D eigenvalue weighted by atomic mass is 16.7. The molecule has 0 aromatic rings. The van der Waals surface area contributed by atoms with Crippen LogP contribution in [0.5, 0.6) is 0 Å². The van der Waals surface area contributed by atoms with Crippen LogP contribution in [-0.4, -0.2) is 48.1 Å². The lowest BCUT2D eigenvalue weighted by atomic mass is 10.3. The van der Waals surface area contributed by atoms with Gasteiger partial charge in [-0.25, -0.2) is 4.79 Å². The van der Waals surface area contributed by atoms with Crippen LogP contribution in [0.15, 0.2) is 0 Å². The first-order valence-corrected chi connectivity index (χ1v) is 5.23. The van der Waals surface area contributed by atoms with Crippen molar-refractivity contribution >= 4 is 5.97 Å². The third kappa shape index (κ3) is 2.05. The summed E-state index contributed by atoms with van der Waals surface area (Å²) in [4.78, 5) is 18.2. The Hall–Kier alpha value is -0.650. The minimum Gasteiger partial charge on any atom is -0.354 e. The Labute approximate surface area is 83.9 Å². The van der Waals surface area contributed by atoms with Gasteiger partial charge in [0.2, 0.25) is 0 Å². The highest BCUT2D eigenvalue weighted by molar-refractivity contribution is 5.76. The molecule has 2 rings (SSSR count). The number of carbonyl (C=O) groups is 1. The normalized spacial score (nSPS) is 29.8. The van der Waals surface area contributed by atoms with Gasteiger partial charge in [0, 0.05) is 13.1 Å². The Bertz CT molecular complexity index is 216. The van der Waals surface area contributed by atoms with Gasteiger partial charge in [-0.3, -0.25) is 0 Å². The molecule has 0 saturated carbocycles. The topological polar surface area (TPSA) is 44.8 Å². The average Bonchev–Trinajstić information content (AvgIpc) is 2.77. The summed E-state index contributed by atoms with van der Waals surface area (Å²) in [6.45, 7) is 6.08. The van der Waals surface area contributed by atoms with Gasteiger partial charge in [-0.1, -0.05) is 5.59 Å². The number of likely N-dealkylation sites (tertiary alicyclic amines) is 1. The van der Waals surface area contributed by atoms with Gasteiger partial charge in [0.1, 0.15) is 6.04 Å². The molecule has 2 aliphatic rings. The quantitative estimate of drug-likeness (QED) is 0.679. The molecule has 5 nitrogen and oxygen atoms in total. The Balaban J connectivity index is 1.72. The van der Waals surface area contributed by atoms with E-state index in [-0.39, 0.29) is 12.0 Å². The molecule has 0 aromatic carbocycles. The summed E-state index contributed by atoms with van der Waals surface area (Å²) in [5, 5.41) is 1.85. The maximum Gasteiger partial charge on any atom is 0.344 e. The van der Waals surface area contributed by atoms with E-state index in [0.29, 0.717) is 0 Å². The van der Waals surface area contributed by atoms with E-state index < -0.39 is 0 Å². The summed E-state index contributed by atoms with van der Waals surface area (Å²) in [6, 6.07) is -0.155. The monoisotopic (exact) mass is 199 g/mol. The minimum absolute atomic E-state index is 0.155. The number of nitrogens with one attached hydrogen (secondary N) is 1. The number of hydrazine groups is 1. The molecule has 0 radical (unpaired) electrons. The van der Waals surface area contributed by atoms with E-state index in [1.807, 2.05) is 11.9 Å². The van der Waals surface area contributed by atoms with E-state index in [1.165, 1.54) is 25.9 Å². The van der Waals surface area contributed by atoms with Crippen LogP contribution in [-0.2, 0) is 9.63 Å². The molecular formula is C9H17N3O2. The van der Waals surface area contributed by atoms with Crippen molar-refractivity contribution in [3.63, 3.8) is 0 Å². The second kappa shape index (κ2) is 4.25. The summed E-state index contributed by atoms with van der Waals surface area (Å²) in [7, 11) is 0. The van der Waals surface area contributed by atoms with Crippen LogP contribution < -0.4 is 5.59 Å². The third-order valence-electron chi connectivity index (χ3n) is 2.93. The minimum atomic E-state index is -0.188. The highest BCUT2D eigenvalue weighted by Crippen LogP contribution is 2.09. The summed E-state index contributed by atoms with van der Waals surface area (Å²) < 4.78 is 0. The van der Waals surface area contributed by atoms with E-state index in [9.17, 15) is 4.79 Å². The maximum absolute atomic E-state index is 11.0. The van der Waals surface area contributed by atoms with Crippen LogP contribution in [0.2, 0.25) is 0 Å². The number of rotatable bonds is 3. The molecule has 14 heavy (non-hydrogen) atoms. The standard InChI is InChI=1S/C9H17N3O2/c1-8-9(13)14-10-12(8)7-6-11-4-2-3-5-11/h8,10H,2-7H2,1H3. The van der Waals surface area contributed by atoms with E-state index in [1.54, 1.807) is 0 Å². The number of hydrogen-bond acceptors (Lipinski definition) is 5. The summed E-state index contributed by atoms with van der Waals surface area (Å²) in [5.74, 6) is -0.188. The van der Waals surface area contributed by atoms with Crippen LogP contribution >= 0.6 is 0 Å². The zero-order valence-corrected chi connectivity index (χ0v) is 8.53. The fraction of sp³-hybridized carbons (Fsp3) is 0.889. The average molecular weight is 199 g/mol. The number of hydrogen-bond donors (Lipinski definition) is 1. The van der Waals surface area contributed by atoms with E-state index in [2.05, 4.69) is 10.5 Å². The van der Waals surface area contributed by atoms with Crippen molar-refractivity contribution in [2.24, 2.45) is 0 Å². The molecule has 0 aliphatic carbocycles. The molecule has 1 N–H and O–H groups in total. The van der Waals surface area contributed by atoms with Crippen molar-refractivity contribution in [2.45, 2.75) is 25.8 Å². The van der Waals surface area contributed by atoms with Gasteiger partial charge in [-0.05, 0) is 32.9 Å². The lowest BCUT2D eigenvalue weighted by Crippen LogP contribution is -2.41. The third-order valence-corrected chi connectivity index (χ3v) is 2.93. The van der Waals surface area contributed by atoms with Crippen molar-refractivity contribution in [1.29, 1.82) is 0 Å². The summed E-state index contributed by atoms with van der Waals surface area (Å²) in [5.41, 5.74) is 2.64. The van der Waals surface area contributed by atoms with Crippen LogP contribution in [0.3, 0.4) is 0 Å². The second-order valence-corrected chi connectivity index (χ2v) is 3.93. The molecule has 1 atom stereocenters. The molecule has 2 heterocycles. The van der Waals surface area contributed by atoms with Crippen molar-refractivity contribution in [2.75, 3.05) is 26.2 Å². The van der Waals surface area contributed by atoms with Gasteiger partial charge in [-0.15, -0.1) is 0 Å². The molecule has 0 amide bonds. The van der Waals surface area contributed by atoms with Crippen molar-refractivity contribution in [3.8, 4) is 0 Å². The molecule has 0 spiro atoms. The molecule has 0 aromatic heterocycles. The summed E-state index contributed by atoms with van der Waals surface area (Å²) >= 11 is 0. The van der Waals surface area contributed by atoms with Gasteiger partial charge in [0.15, 0.2) is 0 Å². The molecule has 1 unspecified atom stereocenters. The summed E-state index contributed by atoms with van der Waals surface area (Å²) in [6.07, 6.45) is 2.61.